The Morgan fingerprint density at radius 2 is 0.778 bits per heavy atom. The van der Waals surface area contributed by atoms with E-state index in [1.165, 1.54) is 7.11 Å². The first-order valence-corrected chi connectivity index (χ1v) is 40.5. The quantitative estimate of drug-likeness (QED) is 0.0803. The van der Waals surface area contributed by atoms with E-state index in [1.807, 2.05) is 47.6 Å². The topological polar surface area (TPSA) is 463 Å². The van der Waals surface area contributed by atoms with Crippen molar-refractivity contribution in [2.75, 3.05) is 40.1 Å². The normalized spacial score (nSPS) is 35.8. The first kappa shape index (κ1) is 88.7. The van der Waals surface area contributed by atoms with Gasteiger partial charge in [-0.1, -0.05) is 41.5 Å². The number of hydrogen-bond donors (Lipinski definition) is 0. The molecule has 0 radical (unpaired) electrons. The Morgan fingerprint density at radius 3 is 1.22 bits per heavy atom. The van der Waals surface area contributed by atoms with Gasteiger partial charge in [0.15, 0.2) is 62.9 Å². The molecule has 27 atom stereocenters. The Hall–Kier alpha value is -9.07. The molecule has 6 aliphatic carbocycles. The van der Waals surface area contributed by atoms with Gasteiger partial charge in [0.25, 0.3) is 0 Å². The molecule has 0 amide bonds. The van der Waals surface area contributed by atoms with Crippen LogP contribution in [0.15, 0.2) is 0 Å². The summed E-state index contributed by atoms with van der Waals surface area (Å²) in [5.74, 6) is -8.66. The number of rotatable bonds is 26. The van der Waals surface area contributed by atoms with Crippen molar-refractivity contribution in [2.24, 2.45) is 104 Å². The van der Waals surface area contributed by atoms with Crippen LogP contribution >= 0.6 is 0 Å². The third kappa shape index (κ3) is 17.0. The Kier molecular flexibility index (Phi) is 25.8. The van der Waals surface area contributed by atoms with Crippen LogP contribution in [-0.2, 0) is 162 Å². The molecule has 15 rings (SSSR count). The van der Waals surface area contributed by atoms with Gasteiger partial charge in [-0.15, -0.1) is 0 Å². The molecule has 9 aliphatic heterocycles. The van der Waals surface area contributed by atoms with Gasteiger partial charge in [-0.2, -0.15) is 5.26 Å². The zero-order valence-corrected chi connectivity index (χ0v) is 69.2. The largest absolute Gasteiger partial charge is 0.469 e. The second-order valence-electron chi connectivity index (χ2n) is 36.3. The minimum absolute atomic E-state index is 0.00636. The van der Waals surface area contributed by atoms with E-state index in [4.69, 9.17) is 85.3 Å². The van der Waals surface area contributed by atoms with Crippen molar-refractivity contribution in [3.63, 3.8) is 0 Å². The van der Waals surface area contributed by atoms with Gasteiger partial charge in [0.1, 0.15) is 54.9 Å². The molecule has 10 bridgehead atoms. The highest BCUT2D eigenvalue weighted by Gasteiger charge is 2.75. The van der Waals surface area contributed by atoms with Crippen LogP contribution in [0.5, 0.6) is 0 Å². The van der Waals surface area contributed by atoms with Crippen molar-refractivity contribution in [1.82, 2.24) is 0 Å². The second-order valence-corrected chi connectivity index (χ2v) is 36.3. The van der Waals surface area contributed by atoms with E-state index in [2.05, 4.69) is 0 Å². The number of carbonyl (C=O) groups excluding carboxylic acids is 16. The van der Waals surface area contributed by atoms with Gasteiger partial charge < -0.3 is 85.3 Å². The lowest BCUT2D eigenvalue weighted by Gasteiger charge is -2.30. The van der Waals surface area contributed by atoms with E-state index >= 15 is 0 Å². The fraction of sp³-hybridized carbons (Fsp3) is 0.793. The third-order valence-electron chi connectivity index (χ3n) is 27.4. The average molecular weight is 1650 g/mol. The van der Waals surface area contributed by atoms with Gasteiger partial charge in [0, 0.05) is 41.9 Å². The van der Waals surface area contributed by atoms with Gasteiger partial charge in [-0.25, -0.2) is 24.0 Å². The lowest BCUT2D eigenvalue weighted by Crippen LogP contribution is -2.44. The van der Waals surface area contributed by atoms with Crippen LogP contribution in [0.3, 0.4) is 0 Å². The maximum Gasteiger partial charge on any atom is 0.344 e. The van der Waals surface area contributed by atoms with Crippen molar-refractivity contribution < 1.29 is 162 Å². The van der Waals surface area contributed by atoms with Crippen molar-refractivity contribution in [3.05, 3.63) is 0 Å². The molecular weight excluding hydrogens is 1540 g/mol. The second kappa shape index (κ2) is 34.0. The minimum atomic E-state index is -1.28. The van der Waals surface area contributed by atoms with E-state index in [9.17, 15) is 82.0 Å². The van der Waals surface area contributed by atoms with Crippen molar-refractivity contribution in [1.29, 1.82) is 5.26 Å². The minimum Gasteiger partial charge on any atom is -0.469 e. The molecule has 35 heteroatoms. The summed E-state index contributed by atoms with van der Waals surface area (Å²) in [6.45, 7) is 26.6. The Morgan fingerprint density at radius 1 is 0.402 bits per heavy atom. The molecule has 9 heterocycles. The molecule has 9 saturated heterocycles. The van der Waals surface area contributed by atoms with Gasteiger partial charge in [-0.3, -0.25) is 52.7 Å². The van der Waals surface area contributed by atoms with Crippen LogP contribution in [-0.4, -0.2) is 221 Å². The Bertz CT molecular complexity index is 3910. The SMILES string of the molecule is CCC(C)(C)C(=O)OCC(=O)OC1C2CC3(C#N)C(=O)OC1C3O2.CCC(C)(C)C(=O)OCC(=O)OC1C2CC3C(=O)OC1C3C2.CCC(C)(C)C(=O)OCC(=O)OC1C2CC3C(=O)OC1C3O2.CCC(C)(C)C(=O)OCC(=O)OC1C2CC3C1OC(=O)C3C2C.CCC(C)(C)C(=O)OCC(=O)OC1C2CC3C1OC(=O)C3C2C(=O)OC. The summed E-state index contributed by atoms with van der Waals surface area (Å²) >= 11 is 0. The van der Waals surface area contributed by atoms with Crippen molar-refractivity contribution >= 4 is 95.5 Å². The smallest absolute Gasteiger partial charge is 0.344 e. The first-order chi connectivity index (χ1) is 54.9. The summed E-state index contributed by atoms with van der Waals surface area (Å²) in [6, 6.07) is 1.98. The molecular formula is C82H109NO34. The van der Waals surface area contributed by atoms with Crippen molar-refractivity contribution in [3.8, 4) is 6.07 Å². The van der Waals surface area contributed by atoms with E-state index in [0.717, 1.165) is 19.3 Å². The van der Waals surface area contributed by atoms with Crippen LogP contribution in [0.4, 0.5) is 0 Å². The van der Waals surface area contributed by atoms with E-state index < -0.39 is 203 Å². The monoisotopic (exact) mass is 1650 g/mol. The summed E-state index contributed by atoms with van der Waals surface area (Å²) in [7, 11) is 1.27. The first-order valence-electron chi connectivity index (χ1n) is 40.5. The van der Waals surface area contributed by atoms with Gasteiger partial charge in [0.2, 0.25) is 0 Å². The van der Waals surface area contributed by atoms with E-state index in [1.54, 1.807) is 69.2 Å². The molecule has 6 saturated carbocycles. The van der Waals surface area contributed by atoms with E-state index in [0.29, 0.717) is 44.9 Å². The molecule has 646 valence electrons. The van der Waals surface area contributed by atoms with Gasteiger partial charge in [0.05, 0.1) is 75.9 Å². The molecule has 0 aromatic heterocycles. The number of esters is 16. The van der Waals surface area contributed by atoms with Crippen LogP contribution in [0.2, 0.25) is 0 Å². The molecule has 0 spiro atoms. The number of hydrogen-bond acceptors (Lipinski definition) is 35. The highest BCUT2D eigenvalue weighted by Crippen LogP contribution is 2.61. The standard InChI is InChI=1S/C18H24O8.C17H24O6.C16H19NO7.C16H22O6.C15H20O7/c1-5-18(2,3)17(22)24-7-10(19)25-13-8-6-9-12(11(8)15(20)23-4)16(21)26-14(9)13;1-5-17(3,4)16(20)21-7-11(18)22-13-9-6-10-12(8(9)2)15(19)23-14(10)13;1-4-15(2,3)13(19)21-6-9(18)23-10-8-5-16(7-17)12(22-8)11(10)24-14(16)20;1-4-16(2,3)15(19)20-7-11(17)21-12-8-5-9-10(6-8)14(18)22-13(9)12;1-4-15(2,3)14(18)19-6-9(16)21-11-8-5-7-10(20-8)12(11)22-13(7)17/h8-9,11-14H,5-7H2,1-4H3;8-10,12-14H,5-7H2,1-4H3;8,10-12H,4-6H2,1-3H3;8-10,12-13H,4-7H2,1-3H3;7-8,10-12H,4-6H2,1-3H3. The lowest BCUT2D eigenvalue weighted by molar-refractivity contribution is -0.174. The number of fused-ring (bicyclic) bond motifs is 5. The molecule has 15 fully saturated rings. The molecule has 117 heavy (non-hydrogen) atoms. The lowest BCUT2D eigenvalue weighted by atomic mass is 9.75. The average Bonchev–Trinajstić information content (AvgIpc) is 1.55. The number of ether oxygens (including phenoxy) is 18. The van der Waals surface area contributed by atoms with E-state index in [-0.39, 0.29) is 121 Å². The van der Waals surface area contributed by atoms with Crippen LogP contribution < -0.4 is 0 Å². The zero-order chi connectivity index (χ0) is 86.0. The fourth-order valence-electron chi connectivity index (χ4n) is 18.4. The highest BCUT2D eigenvalue weighted by molar-refractivity contribution is 5.88. The molecule has 0 N–H and O–H groups in total. The van der Waals surface area contributed by atoms with Crippen LogP contribution in [0, 0.1) is 115 Å². The van der Waals surface area contributed by atoms with Crippen LogP contribution in [0.1, 0.15) is 181 Å². The Balaban J connectivity index is 0.000000144. The maximum absolute atomic E-state index is 12.1. The summed E-state index contributed by atoms with van der Waals surface area (Å²) in [4.78, 5) is 190. The number of nitrogens with zero attached hydrogens (tertiary/aromatic N) is 1. The maximum atomic E-state index is 12.1. The number of methoxy groups -OCH3 is 1. The third-order valence-corrected chi connectivity index (χ3v) is 27.4. The summed E-state index contributed by atoms with van der Waals surface area (Å²) in [5.41, 5.74) is -4.50. The molecule has 0 aromatic rings. The van der Waals surface area contributed by atoms with Gasteiger partial charge in [-0.05, 0) is 139 Å². The van der Waals surface area contributed by atoms with Crippen LogP contribution in [0.25, 0.3) is 0 Å². The Labute approximate surface area is 676 Å². The van der Waals surface area contributed by atoms with Crippen molar-refractivity contribution in [2.45, 2.75) is 267 Å². The summed E-state index contributed by atoms with van der Waals surface area (Å²) in [6.07, 6.45) is -0.464. The fourth-order valence-corrected chi connectivity index (χ4v) is 18.4. The predicted octanol–water partition coefficient (Wildman–Crippen LogP) is 5.10. The number of nitriles is 1. The molecule has 0 aromatic carbocycles. The molecule has 35 nitrogen and oxygen atoms in total. The predicted molar refractivity (Wildman–Crippen MR) is 387 cm³/mol. The highest BCUT2D eigenvalue weighted by atomic mass is 16.7. The van der Waals surface area contributed by atoms with Gasteiger partial charge >= 0.3 is 95.5 Å². The molecule has 15 aliphatic rings. The number of carbonyl (C=O) groups is 16. The summed E-state index contributed by atoms with van der Waals surface area (Å²) in [5, 5.41) is 9.25. The summed E-state index contributed by atoms with van der Waals surface area (Å²) < 4.78 is 94.5. The molecule has 27 unspecified atom stereocenters. The zero-order valence-electron chi connectivity index (χ0n) is 69.2.